The van der Waals surface area contributed by atoms with E-state index in [4.69, 9.17) is 9.15 Å². The molecule has 1 aromatic carbocycles. The number of carbonyl (C=O) groups excluding carboxylic acids is 2. The number of amides is 1. The SMILES string of the molecule is CCOC(=O)[C@H]1CCCN(C(=O)CSCc2nc(-c3ccc(CC)cc3)oc2C)C1. The van der Waals surface area contributed by atoms with Crippen molar-refractivity contribution in [3.8, 4) is 11.5 Å². The van der Waals surface area contributed by atoms with Crippen LogP contribution in [-0.2, 0) is 26.5 Å². The maximum absolute atomic E-state index is 12.6. The van der Waals surface area contributed by atoms with Crippen molar-refractivity contribution in [2.45, 2.75) is 45.8 Å². The Morgan fingerprint density at radius 3 is 2.73 bits per heavy atom. The first-order chi connectivity index (χ1) is 14.5. The molecular formula is C23H30N2O4S. The van der Waals surface area contributed by atoms with Crippen LogP contribution in [-0.4, -0.2) is 47.2 Å². The molecule has 2 heterocycles. The summed E-state index contributed by atoms with van der Waals surface area (Å²) in [5, 5.41) is 0. The summed E-state index contributed by atoms with van der Waals surface area (Å²) in [6.07, 6.45) is 2.62. The van der Waals surface area contributed by atoms with Gasteiger partial charge in [0.15, 0.2) is 0 Å². The van der Waals surface area contributed by atoms with Crippen LogP contribution >= 0.6 is 11.8 Å². The number of benzene rings is 1. The van der Waals surface area contributed by atoms with Crippen LogP contribution in [0.1, 0.15) is 43.7 Å². The predicted octanol–water partition coefficient (Wildman–Crippen LogP) is 4.25. The van der Waals surface area contributed by atoms with Gasteiger partial charge < -0.3 is 14.1 Å². The van der Waals surface area contributed by atoms with Gasteiger partial charge in [-0.05, 0) is 50.8 Å². The third kappa shape index (κ3) is 5.65. The molecule has 0 N–H and O–H groups in total. The molecule has 1 atom stereocenters. The summed E-state index contributed by atoms with van der Waals surface area (Å²) in [7, 11) is 0. The summed E-state index contributed by atoms with van der Waals surface area (Å²) in [4.78, 5) is 31.0. The lowest BCUT2D eigenvalue weighted by Gasteiger charge is -2.31. The zero-order chi connectivity index (χ0) is 21.5. The Balaban J connectivity index is 1.51. The molecule has 0 radical (unpaired) electrons. The maximum Gasteiger partial charge on any atom is 0.310 e. The Labute approximate surface area is 182 Å². The number of oxazole rings is 1. The number of esters is 1. The molecule has 1 saturated heterocycles. The molecule has 0 aliphatic carbocycles. The molecule has 1 aliphatic rings. The average Bonchev–Trinajstić information content (AvgIpc) is 3.14. The summed E-state index contributed by atoms with van der Waals surface area (Å²) in [6, 6.07) is 8.23. The van der Waals surface area contributed by atoms with Gasteiger partial charge in [0.2, 0.25) is 11.8 Å². The van der Waals surface area contributed by atoms with Crippen molar-refractivity contribution < 1.29 is 18.7 Å². The third-order valence-corrected chi connectivity index (χ3v) is 6.29. The van der Waals surface area contributed by atoms with Crippen LogP contribution in [0.15, 0.2) is 28.7 Å². The van der Waals surface area contributed by atoms with Crippen LogP contribution in [0, 0.1) is 12.8 Å². The van der Waals surface area contributed by atoms with E-state index < -0.39 is 0 Å². The number of piperidine rings is 1. The topological polar surface area (TPSA) is 72.6 Å². The smallest absolute Gasteiger partial charge is 0.310 e. The number of likely N-dealkylation sites (tertiary alicyclic amines) is 1. The number of aromatic nitrogens is 1. The molecule has 0 saturated carbocycles. The summed E-state index contributed by atoms with van der Waals surface area (Å²) in [5.41, 5.74) is 3.10. The minimum Gasteiger partial charge on any atom is -0.466 e. The van der Waals surface area contributed by atoms with Gasteiger partial charge in [0.1, 0.15) is 5.76 Å². The average molecular weight is 431 g/mol. The van der Waals surface area contributed by atoms with E-state index in [0.717, 1.165) is 36.3 Å². The maximum atomic E-state index is 12.6. The molecule has 1 aromatic heterocycles. The molecule has 162 valence electrons. The first-order valence-corrected chi connectivity index (χ1v) is 11.7. The van der Waals surface area contributed by atoms with Crippen LogP contribution in [0.2, 0.25) is 0 Å². The van der Waals surface area contributed by atoms with E-state index in [1.807, 2.05) is 19.1 Å². The number of rotatable bonds is 8. The van der Waals surface area contributed by atoms with Crippen LogP contribution in [0.4, 0.5) is 0 Å². The van der Waals surface area contributed by atoms with Gasteiger partial charge in [0.05, 0.1) is 24.0 Å². The second kappa shape index (κ2) is 10.7. The fraction of sp³-hybridized carbons (Fsp3) is 0.522. The molecule has 2 aromatic rings. The first kappa shape index (κ1) is 22.4. The highest BCUT2D eigenvalue weighted by atomic mass is 32.2. The summed E-state index contributed by atoms with van der Waals surface area (Å²) in [5.74, 6) is 2.04. The van der Waals surface area contributed by atoms with E-state index in [9.17, 15) is 9.59 Å². The Hall–Kier alpha value is -2.28. The molecule has 1 fully saturated rings. The van der Waals surface area contributed by atoms with Gasteiger partial charge in [-0.1, -0.05) is 19.1 Å². The number of ether oxygens (including phenoxy) is 1. The molecule has 6 nitrogen and oxygen atoms in total. The van der Waals surface area contributed by atoms with Crippen molar-refractivity contribution in [2.24, 2.45) is 5.92 Å². The molecule has 3 rings (SSSR count). The van der Waals surface area contributed by atoms with Gasteiger partial charge in [0, 0.05) is 24.4 Å². The molecule has 1 aliphatic heterocycles. The summed E-state index contributed by atoms with van der Waals surface area (Å²) in [6.45, 7) is 7.37. The number of hydrogen-bond acceptors (Lipinski definition) is 6. The Morgan fingerprint density at radius 1 is 1.27 bits per heavy atom. The lowest BCUT2D eigenvalue weighted by molar-refractivity contribution is -0.151. The van der Waals surface area contributed by atoms with Crippen molar-refractivity contribution in [2.75, 3.05) is 25.4 Å². The van der Waals surface area contributed by atoms with Crippen molar-refractivity contribution in [3.05, 3.63) is 41.3 Å². The van der Waals surface area contributed by atoms with Gasteiger partial charge in [0.25, 0.3) is 0 Å². The molecule has 0 spiro atoms. The van der Waals surface area contributed by atoms with Gasteiger partial charge in [-0.2, -0.15) is 0 Å². The normalized spacial score (nSPS) is 16.5. The lowest BCUT2D eigenvalue weighted by Crippen LogP contribution is -2.43. The van der Waals surface area contributed by atoms with Crippen molar-refractivity contribution in [1.82, 2.24) is 9.88 Å². The molecule has 1 amide bonds. The predicted molar refractivity (Wildman–Crippen MR) is 118 cm³/mol. The van der Waals surface area contributed by atoms with Crippen LogP contribution < -0.4 is 0 Å². The largest absolute Gasteiger partial charge is 0.466 e. The highest BCUT2D eigenvalue weighted by molar-refractivity contribution is 7.99. The van der Waals surface area contributed by atoms with Gasteiger partial charge >= 0.3 is 5.97 Å². The quantitative estimate of drug-likeness (QED) is 0.583. The number of nitrogens with zero attached hydrogens (tertiary/aromatic N) is 2. The van der Waals surface area contributed by atoms with Crippen molar-refractivity contribution >= 4 is 23.6 Å². The Bertz CT molecular complexity index is 863. The molecule has 7 heteroatoms. The highest BCUT2D eigenvalue weighted by Gasteiger charge is 2.29. The van der Waals surface area contributed by atoms with Crippen LogP contribution in [0.3, 0.4) is 0 Å². The van der Waals surface area contributed by atoms with Crippen molar-refractivity contribution in [3.63, 3.8) is 0 Å². The molecule has 0 unspecified atom stereocenters. The minimum absolute atomic E-state index is 0.0607. The Kier molecular flexibility index (Phi) is 7.96. The first-order valence-electron chi connectivity index (χ1n) is 10.6. The zero-order valence-electron chi connectivity index (χ0n) is 18.0. The van der Waals surface area contributed by atoms with Crippen LogP contribution in [0.25, 0.3) is 11.5 Å². The second-order valence-corrected chi connectivity index (χ2v) is 8.48. The van der Waals surface area contributed by atoms with Gasteiger partial charge in [-0.25, -0.2) is 4.98 Å². The molecule has 30 heavy (non-hydrogen) atoms. The number of hydrogen-bond donors (Lipinski definition) is 0. The lowest BCUT2D eigenvalue weighted by atomic mass is 9.98. The monoisotopic (exact) mass is 430 g/mol. The zero-order valence-corrected chi connectivity index (χ0v) is 18.8. The van der Waals surface area contributed by atoms with Gasteiger partial charge in [-0.3, -0.25) is 9.59 Å². The highest BCUT2D eigenvalue weighted by Crippen LogP contribution is 2.25. The fourth-order valence-electron chi connectivity index (χ4n) is 3.55. The molecular weight excluding hydrogens is 400 g/mol. The van der Waals surface area contributed by atoms with E-state index in [1.165, 1.54) is 17.3 Å². The van der Waals surface area contributed by atoms with Crippen molar-refractivity contribution in [1.29, 1.82) is 0 Å². The van der Waals surface area contributed by atoms with E-state index in [2.05, 4.69) is 24.0 Å². The fourth-order valence-corrected chi connectivity index (χ4v) is 4.47. The minimum atomic E-state index is -0.202. The number of thioether (sulfide) groups is 1. The third-order valence-electron chi connectivity index (χ3n) is 5.36. The van der Waals surface area contributed by atoms with E-state index in [1.54, 1.807) is 11.8 Å². The summed E-state index contributed by atoms with van der Waals surface area (Å²) < 4.78 is 11.0. The van der Waals surface area contributed by atoms with E-state index >= 15 is 0 Å². The van der Waals surface area contributed by atoms with Gasteiger partial charge in [-0.15, -0.1) is 11.8 Å². The summed E-state index contributed by atoms with van der Waals surface area (Å²) >= 11 is 1.53. The van der Waals surface area contributed by atoms with E-state index in [0.29, 0.717) is 37.1 Å². The Morgan fingerprint density at radius 2 is 2.03 bits per heavy atom. The number of carbonyl (C=O) groups is 2. The second-order valence-electron chi connectivity index (χ2n) is 7.50. The standard InChI is InChI=1S/C23H30N2O4S/c1-4-17-8-10-18(11-9-17)22-24-20(16(3)29-22)14-30-15-21(26)25-12-6-7-19(13-25)23(27)28-5-2/h8-11,19H,4-7,12-15H2,1-3H3/t19-/m0/s1. The van der Waals surface area contributed by atoms with E-state index in [-0.39, 0.29) is 17.8 Å². The molecule has 0 bridgehead atoms. The van der Waals surface area contributed by atoms with Crippen LogP contribution in [0.5, 0.6) is 0 Å². The number of aryl methyl sites for hydroxylation is 2.